The van der Waals surface area contributed by atoms with Crippen LogP contribution in [0.4, 0.5) is 0 Å². The first kappa shape index (κ1) is 20.5. The maximum absolute atomic E-state index is 6.85. The molecule has 0 aliphatic carbocycles. The number of rotatable bonds is 15. The van der Waals surface area contributed by atoms with Crippen LogP contribution in [0.15, 0.2) is 0 Å². The SMILES string of the molecule is CCCCCCCC[Si](Cl)(CCCCCC)OCCC. The molecular weight excluding hydrogens is 284 g/mol. The lowest BCUT2D eigenvalue weighted by atomic mass is 10.1. The van der Waals surface area contributed by atoms with Crippen LogP contribution in [-0.2, 0) is 4.43 Å². The van der Waals surface area contributed by atoms with E-state index in [1.165, 1.54) is 64.2 Å². The van der Waals surface area contributed by atoms with E-state index in [4.69, 9.17) is 15.5 Å². The zero-order valence-electron chi connectivity index (χ0n) is 14.2. The van der Waals surface area contributed by atoms with Crippen molar-refractivity contribution in [2.75, 3.05) is 6.61 Å². The number of hydrogen-bond donors (Lipinski definition) is 0. The molecule has 1 nitrogen and oxygen atoms in total. The van der Waals surface area contributed by atoms with Crippen LogP contribution in [0, 0.1) is 0 Å². The van der Waals surface area contributed by atoms with Crippen LogP contribution in [0.1, 0.15) is 91.4 Å². The molecule has 0 saturated carbocycles. The minimum absolute atomic E-state index is 0.860. The van der Waals surface area contributed by atoms with Gasteiger partial charge in [0.15, 0.2) is 0 Å². The average molecular weight is 321 g/mol. The highest BCUT2D eigenvalue weighted by atomic mass is 35.6. The van der Waals surface area contributed by atoms with Gasteiger partial charge in [0, 0.05) is 6.61 Å². The molecule has 0 saturated heterocycles. The summed E-state index contributed by atoms with van der Waals surface area (Å²) < 4.78 is 6.09. The maximum Gasteiger partial charge on any atom is 0.290 e. The summed E-state index contributed by atoms with van der Waals surface area (Å²) >= 11 is 6.85. The zero-order valence-corrected chi connectivity index (χ0v) is 15.9. The summed E-state index contributed by atoms with van der Waals surface area (Å²) in [5, 5.41) is 0. The fourth-order valence-electron chi connectivity index (χ4n) is 2.54. The number of unbranched alkanes of at least 4 members (excludes halogenated alkanes) is 8. The van der Waals surface area contributed by atoms with Gasteiger partial charge in [0.05, 0.1) is 0 Å². The van der Waals surface area contributed by atoms with Crippen LogP contribution >= 0.6 is 11.1 Å². The molecule has 0 aliphatic rings. The van der Waals surface area contributed by atoms with Gasteiger partial charge in [-0.25, -0.2) is 0 Å². The van der Waals surface area contributed by atoms with Gasteiger partial charge in [0.2, 0.25) is 0 Å². The highest BCUT2D eigenvalue weighted by Crippen LogP contribution is 2.28. The Balaban J connectivity index is 3.85. The van der Waals surface area contributed by atoms with Crippen molar-refractivity contribution in [1.29, 1.82) is 0 Å². The second kappa shape index (κ2) is 14.4. The van der Waals surface area contributed by atoms with E-state index in [-0.39, 0.29) is 0 Å². The molecule has 0 fully saturated rings. The van der Waals surface area contributed by atoms with Crippen molar-refractivity contribution in [2.24, 2.45) is 0 Å². The predicted molar refractivity (Wildman–Crippen MR) is 95.0 cm³/mol. The molecule has 1 atom stereocenters. The largest absolute Gasteiger partial charge is 0.403 e. The summed E-state index contributed by atoms with van der Waals surface area (Å²) in [6, 6.07) is 2.32. The van der Waals surface area contributed by atoms with Crippen molar-refractivity contribution < 1.29 is 4.43 Å². The van der Waals surface area contributed by atoms with Crippen LogP contribution in [0.25, 0.3) is 0 Å². The van der Waals surface area contributed by atoms with Gasteiger partial charge in [0.1, 0.15) is 0 Å². The Labute approximate surface area is 133 Å². The lowest BCUT2D eigenvalue weighted by molar-refractivity contribution is 0.308. The Morgan fingerprint density at radius 3 is 1.60 bits per heavy atom. The standard InChI is InChI=1S/C17H37ClOSi/c1-4-7-9-11-12-14-17-20(18,19-15-6-3)16-13-10-8-5-2/h4-17H2,1-3H3. The average Bonchev–Trinajstić information content (AvgIpc) is 2.45. The fraction of sp³-hybridized carbons (Fsp3) is 1.00. The minimum Gasteiger partial charge on any atom is -0.403 e. The Morgan fingerprint density at radius 1 is 0.650 bits per heavy atom. The van der Waals surface area contributed by atoms with Crippen molar-refractivity contribution >= 4 is 18.7 Å². The summed E-state index contributed by atoms with van der Waals surface area (Å²) in [5.74, 6) is 0. The van der Waals surface area contributed by atoms with Crippen molar-refractivity contribution in [3.63, 3.8) is 0 Å². The lowest BCUT2D eigenvalue weighted by Crippen LogP contribution is -2.32. The summed E-state index contributed by atoms with van der Waals surface area (Å²) in [5.41, 5.74) is 0. The van der Waals surface area contributed by atoms with Crippen LogP contribution in [0.5, 0.6) is 0 Å². The van der Waals surface area contributed by atoms with E-state index in [9.17, 15) is 0 Å². The predicted octanol–water partition coefficient (Wildman–Crippen LogP) is 7.03. The summed E-state index contributed by atoms with van der Waals surface area (Å²) in [7, 11) is -1.92. The Bertz CT molecular complexity index is 201. The first-order valence-electron chi connectivity index (χ1n) is 9.01. The monoisotopic (exact) mass is 320 g/mol. The van der Waals surface area contributed by atoms with Gasteiger partial charge in [-0.2, -0.15) is 0 Å². The highest BCUT2D eigenvalue weighted by Gasteiger charge is 2.31. The van der Waals surface area contributed by atoms with Crippen LogP contribution in [-0.4, -0.2) is 14.2 Å². The summed E-state index contributed by atoms with van der Waals surface area (Å²) in [6.45, 7) is 7.56. The van der Waals surface area contributed by atoms with Gasteiger partial charge in [-0.15, -0.1) is 11.1 Å². The van der Waals surface area contributed by atoms with Crippen molar-refractivity contribution in [1.82, 2.24) is 0 Å². The molecule has 0 N–H and O–H groups in total. The summed E-state index contributed by atoms with van der Waals surface area (Å²) in [6.07, 6.45) is 14.4. The molecule has 122 valence electrons. The van der Waals surface area contributed by atoms with E-state index >= 15 is 0 Å². The van der Waals surface area contributed by atoms with Crippen LogP contribution in [0.3, 0.4) is 0 Å². The third-order valence-corrected chi connectivity index (χ3v) is 8.26. The quantitative estimate of drug-likeness (QED) is 0.179. The molecule has 3 heteroatoms. The molecule has 1 unspecified atom stereocenters. The fourth-order valence-corrected chi connectivity index (χ4v) is 6.24. The van der Waals surface area contributed by atoms with Gasteiger partial charge >= 0.3 is 0 Å². The molecule has 0 aromatic heterocycles. The maximum atomic E-state index is 6.85. The second-order valence-corrected chi connectivity index (χ2v) is 11.2. The molecule has 0 radical (unpaired) electrons. The topological polar surface area (TPSA) is 9.23 Å². The minimum atomic E-state index is -1.92. The normalized spacial score (nSPS) is 14.4. The highest BCUT2D eigenvalue weighted by molar-refractivity contribution is 7.16. The zero-order chi connectivity index (χ0) is 15.1. The molecule has 0 bridgehead atoms. The van der Waals surface area contributed by atoms with Gasteiger partial charge in [-0.3, -0.25) is 0 Å². The van der Waals surface area contributed by atoms with Crippen molar-refractivity contribution in [3.8, 4) is 0 Å². The Kier molecular flexibility index (Phi) is 14.7. The van der Waals surface area contributed by atoms with Gasteiger partial charge < -0.3 is 4.43 Å². The van der Waals surface area contributed by atoms with E-state index in [0.29, 0.717) is 0 Å². The van der Waals surface area contributed by atoms with E-state index < -0.39 is 7.63 Å². The summed E-state index contributed by atoms with van der Waals surface area (Å²) in [4.78, 5) is 0. The second-order valence-electron chi connectivity index (χ2n) is 6.06. The number of hydrogen-bond acceptors (Lipinski definition) is 1. The number of halogens is 1. The van der Waals surface area contributed by atoms with E-state index in [2.05, 4.69) is 20.8 Å². The molecule has 0 rings (SSSR count). The smallest absolute Gasteiger partial charge is 0.290 e. The van der Waals surface area contributed by atoms with E-state index in [0.717, 1.165) is 25.1 Å². The first-order valence-corrected chi connectivity index (χ1v) is 12.3. The molecule has 0 heterocycles. The lowest BCUT2D eigenvalue weighted by Gasteiger charge is -2.24. The third-order valence-electron chi connectivity index (χ3n) is 3.87. The van der Waals surface area contributed by atoms with Crippen LogP contribution < -0.4 is 0 Å². The molecule has 0 aliphatic heterocycles. The molecule has 20 heavy (non-hydrogen) atoms. The van der Waals surface area contributed by atoms with Crippen LogP contribution in [0.2, 0.25) is 12.1 Å². The van der Waals surface area contributed by atoms with Gasteiger partial charge in [-0.1, -0.05) is 85.0 Å². The molecule has 0 aromatic rings. The van der Waals surface area contributed by atoms with Crippen molar-refractivity contribution in [2.45, 2.75) is 103 Å². The van der Waals surface area contributed by atoms with Gasteiger partial charge in [0.25, 0.3) is 7.63 Å². The van der Waals surface area contributed by atoms with Crippen molar-refractivity contribution in [3.05, 3.63) is 0 Å². The Hall–Kier alpha value is 0.467. The van der Waals surface area contributed by atoms with E-state index in [1.807, 2.05) is 0 Å². The molecule has 0 spiro atoms. The van der Waals surface area contributed by atoms with E-state index in [1.54, 1.807) is 0 Å². The Morgan fingerprint density at radius 2 is 1.10 bits per heavy atom. The molecular formula is C17H37ClOSi. The van der Waals surface area contributed by atoms with Gasteiger partial charge in [-0.05, 0) is 18.5 Å². The molecule has 0 amide bonds. The first-order chi connectivity index (χ1) is 9.68. The molecule has 0 aromatic carbocycles. The third kappa shape index (κ3) is 12.2.